The smallest absolute Gasteiger partial charge is 0.302 e. The number of aromatic hydroxyl groups is 2. The highest BCUT2D eigenvalue weighted by Crippen LogP contribution is 2.63. The standard InChI is InChI=1S/C54H62N4O7/c1-6-32-24-42-38(16-15-33-11-8-9-13-44(33)57-7-2)35-19-20-54(28-35)29-36-23-37(60)26-48(62-5)49(36)40-18-17-39-43(30-64-31(3)59)51(65-52(39)50(40)54)41-27-47(63-22-21-56-4)46(61)25-34(41)12-10-14-45(42)58-53(32)55/h8-9,11,13,17-18,23-27,35,38,43,51,53,56-58,60-61H,6-7,12,15-16,19-22,28-30,55H2,1-5H3/t35-,38+,43-,51+,53?,54+/m0/s1. The van der Waals surface area contributed by atoms with Gasteiger partial charge in [-0.2, -0.15) is 0 Å². The molecular weight excluding hydrogens is 817 g/mol. The number of nitrogens with two attached hydrogens (primary N) is 1. The van der Waals surface area contributed by atoms with E-state index in [0.717, 1.165) is 107 Å². The molecule has 7 N–H and O–H groups in total. The summed E-state index contributed by atoms with van der Waals surface area (Å²) in [5.74, 6) is 8.68. The fourth-order valence-electron chi connectivity index (χ4n) is 11.5. The summed E-state index contributed by atoms with van der Waals surface area (Å²) < 4.78 is 25.5. The van der Waals surface area contributed by atoms with Crippen molar-refractivity contribution in [3.05, 3.63) is 117 Å². The average molecular weight is 879 g/mol. The lowest BCUT2D eigenvalue weighted by Gasteiger charge is -2.40. The fourth-order valence-corrected chi connectivity index (χ4v) is 11.5. The third-order valence-electron chi connectivity index (χ3n) is 14.5. The summed E-state index contributed by atoms with van der Waals surface area (Å²) >= 11 is 0. The maximum Gasteiger partial charge on any atom is 0.302 e. The van der Waals surface area contributed by atoms with Gasteiger partial charge >= 0.3 is 5.97 Å². The molecule has 4 aromatic carbocycles. The Morgan fingerprint density at radius 1 is 1.05 bits per heavy atom. The molecule has 0 amide bonds. The Morgan fingerprint density at radius 2 is 1.89 bits per heavy atom. The number of rotatable bonds is 13. The van der Waals surface area contributed by atoms with E-state index in [-0.39, 0.29) is 53.4 Å². The van der Waals surface area contributed by atoms with Gasteiger partial charge in [-0.1, -0.05) is 49.3 Å². The fraction of sp³-hybridized carbons (Fsp3) is 0.426. The van der Waals surface area contributed by atoms with Crippen molar-refractivity contribution in [1.29, 1.82) is 0 Å². The highest BCUT2D eigenvalue weighted by atomic mass is 16.5. The maximum absolute atomic E-state index is 12.6. The van der Waals surface area contributed by atoms with Crippen LogP contribution in [0.15, 0.2) is 83.6 Å². The summed E-state index contributed by atoms with van der Waals surface area (Å²) in [6.45, 7) is 7.59. The van der Waals surface area contributed by atoms with Gasteiger partial charge in [-0.15, -0.1) is 0 Å². The molecular formula is C54H62N4O7. The lowest BCUT2D eigenvalue weighted by atomic mass is 9.64. The van der Waals surface area contributed by atoms with Gasteiger partial charge in [-0.3, -0.25) is 4.79 Å². The number of anilines is 1. The molecule has 4 aromatic rings. The third kappa shape index (κ3) is 8.27. The zero-order valence-electron chi connectivity index (χ0n) is 38.2. The highest BCUT2D eigenvalue weighted by molar-refractivity contribution is 5.84. The zero-order chi connectivity index (χ0) is 45.4. The second-order valence-electron chi connectivity index (χ2n) is 18.3. The Hall–Kier alpha value is -6.09. The predicted molar refractivity (Wildman–Crippen MR) is 253 cm³/mol. The van der Waals surface area contributed by atoms with Crippen LogP contribution in [0.25, 0.3) is 11.1 Å². The van der Waals surface area contributed by atoms with Crippen molar-refractivity contribution in [2.24, 2.45) is 17.6 Å². The van der Waals surface area contributed by atoms with Crippen molar-refractivity contribution in [3.63, 3.8) is 0 Å². The first kappa shape index (κ1) is 44.1. The van der Waals surface area contributed by atoms with Gasteiger partial charge < -0.3 is 50.8 Å². The summed E-state index contributed by atoms with van der Waals surface area (Å²) in [6, 6.07) is 20.1. The molecule has 5 aliphatic rings. The number of phenols is 2. The van der Waals surface area contributed by atoms with Gasteiger partial charge in [-0.25, -0.2) is 0 Å². The van der Waals surface area contributed by atoms with E-state index < -0.39 is 6.10 Å². The Bertz CT molecular complexity index is 2620. The van der Waals surface area contributed by atoms with Crippen LogP contribution in [0.4, 0.5) is 5.69 Å². The Kier molecular flexibility index (Phi) is 12.5. The maximum atomic E-state index is 12.6. The topological polar surface area (TPSA) is 157 Å². The minimum absolute atomic E-state index is 0.0124. The van der Waals surface area contributed by atoms with Gasteiger partial charge in [0.05, 0.1) is 24.9 Å². The summed E-state index contributed by atoms with van der Waals surface area (Å²) in [5, 5.41) is 33.0. The first-order valence-electron chi connectivity index (χ1n) is 23.3. The van der Waals surface area contributed by atoms with Crippen molar-refractivity contribution in [1.82, 2.24) is 10.6 Å². The molecule has 65 heavy (non-hydrogen) atoms. The van der Waals surface area contributed by atoms with E-state index in [4.69, 9.17) is 24.7 Å². The first-order valence-corrected chi connectivity index (χ1v) is 23.3. The van der Waals surface area contributed by atoms with E-state index in [1.165, 1.54) is 18.1 Å². The summed E-state index contributed by atoms with van der Waals surface area (Å²) in [5.41, 5.74) is 18.8. The second kappa shape index (κ2) is 18.4. The van der Waals surface area contributed by atoms with Crippen LogP contribution >= 0.6 is 0 Å². The van der Waals surface area contributed by atoms with E-state index >= 15 is 0 Å². The quantitative estimate of drug-likeness (QED) is 0.0435. The molecule has 11 nitrogen and oxygen atoms in total. The molecule has 11 heteroatoms. The van der Waals surface area contributed by atoms with Crippen molar-refractivity contribution >= 4 is 11.7 Å². The van der Waals surface area contributed by atoms with Crippen LogP contribution < -0.4 is 35.9 Å². The van der Waals surface area contributed by atoms with Crippen LogP contribution in [-0.2, 0) is 34.2 Å². The van der Waals surface area contributed by atoms with E-state index in [9.17, 15) is 15.0 Å². The molecule has 6 atom stereocenters. The Balaban J connectivity index is 1.29. The number of carbonyl (C=O) groups is 1. The molecule has 0 aromatic heterocycles. The van der Waals surface area contributed by atoms with Crippen LogP contribution in [0.3, 0.4) is 0 Å². The molecule has 4 bridgehead atoms. The molecule has 1 fully saturated rings. The number of dihydropyridines is 1. The molecule has 0 radical (unpaired) electrons. The van der Waals surface area contributed by atoms with Crippen molar-refractivity contribution < 1.29 is 34.0 Å². The number of aryl methyl sites for hydroxylation is 1. The van der Waals surface area contributed by atoms with Crippen molar-refractivity contribution in [2.75, 3.05) is 45.8 Å². The molecule has 3 aliphatic heterocycles. The number of benzene rings is 4. The molecule has 340 valence electrons. The van der Waals surface area contributed by atoms with E-state index in [2.05, 4.69) is 84.1 Å². The zero-order valence-corrected chi connectivity index (χ0v) is 38.2. The van der Waals surface area contributed by atoms with Crippen molar-refractivity contribution in [3.8, 4) is 51.7 Å². The molecule has 1 spiro atoms. The van der Waals surface area contributed by atoms with Crippen LogP contribution in [0.1, 0.15) is 98.3 Å². The Morgan fingerprint density at radius 3 is 2.68 bits per heavy atom. The normalized spacial score (nSPS) is 23.5. The molecule has 1 saturated carbocycles. The number of allylic oxidation sites excluding steroid dienone is 3. The first-order chi connectivity index (χ1) is 31.6. The van der Waals surface area contributed by atoms with Gasteiger partial charge in [0, 0.05) is 65.9 Å². The number of methoxy groups -OCH3 is 1. The minimum Gasteiger partial charge on any atom is -0.508 e. The third-order valence-corrected chi connectivity index (χ3v) is 14.5. The largest absolute Gasteiger partial charge is 0.508 e. The van der Waals surface area contributed by atoms with Crippen molar-refractivity contribution in [2.45, 2.75) is 95.7 Å². The van der Waals surface area contributed by atoms with E-state index in [1.54, 1.807) is 19.2 Å². The average Bonchev–Trinajstić information content (AvgIpc) is 3.88. The number of phenolic OH excluding ortho intramolecular Hbond substituents is 2. The lowest BCUT2D eigenvalue weighted by molar-refractivity contribution is -0.141. The van der Waals surface area contributed by atoms with Gasteiger partial charge in [0.15, 0.2) is 11.5 Å². The summed E-state index contributed by atoms with van der Waals surface area (Å²) in [7, 11) is 3.51. The molecule has 3 heterocycles. The number of carbonyl (C=O) groups excluding carboxylic acids is 1. The number of hydrogen-bond donors (Lipinski definition) is 6. The molecule has 2 aliphatic carbocycles. The van der Waals surface area contributed by atoms with Crippen LogP contribution in [-0.4, -0.2) is 62.8 Å². The Labute approximate surface area is 382 Å². The second-order valence-corrected chi connectivity index (χ2v) is 18.3. The number of likely N-dealkylation sites (N-methyl/N-ethyl adjacent to an activating group) is 1. The van der Waals surface area contributed by atoms with Gasteiger partial charge in [-0.05, 0) is 134 Å². The van der Waals surface area contributed by atoms with Gasteiger partial charge in [0.25, 0.3) is 0 Å². The van der Waals surface area contributed by atoms with Crippen LogP contribution in [0, 0.1) is 23.7 Å². The molecule has 9 rings (SSSR count). The number of ether oxygens (including phenoxy) is 4. The lowest BCUT2D eigenvalue weighted by Crippen LogP contribution is -2.42. The van der Waals surface area contributed by atoms with Crippen LogP contribution in [0.5, 0.6) is 28.7 Å². The number of para-hydroxylation sites is 1. The number of nitrogens with one attached hydrogen (secondary N) is 3. The van der Waals surface area contributed by atoms with Gasteiger partial charge in [0.2, 0.25) is 0 Å². The minimum atomic E-state index is -0.599. The SMILES string of the molecule is CCNc1ccccc1CC[C@H]1C2=C(C#CCc3cc(O)c(OCCNC)cc3[C@H]3Oc4c(ccc5c4[C@@]4(CC[C@H]1C4)Cc1cc(O)cc(OC)c1-5)[C@@H]3COC(C)=O)NC(N)C(CC)=C2. The molecule has 0 saturated heterocycles. The monoisotopic (exact) mass is 878 g/mol. The predicted octanol–water partition coefficient (Wildman–Crippen LogP) is 8.46. The molecule has 1 unspecified atom stereocenters. The summed E-state index contributed by atoms with van der Waals surface area (Å²) in [4.78, 5) is 12.6. The van der Waals surface area contributed by atoms with E-state index in [1.807, 2.05) is 19.2 Å². The van der Waals surface area contributed by atoms with Gasteiger partial charge in [0.1, 0.15) is 36.6 Å². The summed E-state index contributed by atoms with van der Waals surface area (Å²) in [6.07, 6.45) is 7.66. The number of esters is 1. The number of hydrogen-bond acceptors (Lipinski definition) is 11. The number of fused-ring (bicyclic) bond motifs is 6. The van der Waals surface area contributed by atoms with Crippen LogP contribution in [0.2, 0.25) is 0 Å². The highest BCUT2D eigenvalue weighted by Gasteiger charge is 2.52. The van der Waals surface area contributed by atoms with E-state index in [0.29, 0.717) is 37.5 Å².